The fourth-order valence-corrected chi connectivity index (χ4v) is 5.14. The van der Waals surface area contributed by atoms with Crippen molar-refractivity contribution in [2.75, 3.05) is 13.2 Å². The third kappa shape index (κ3) is 5.22. The number of ketones is 2. The SMILES string of the molecule is O=C1C=C(C(O)=C2NC(CO)C(O)C2O)C(O)(C2OC(O)C(O)C(CO)C2O)C(=O)C1=C(O)C=Cc1ccc(O)cc1. The third-order valence-electron chi connectivity index (χ3n) is 7.56. The molecule has 228 valence electrons. The molecule has 9 atom stereocenters. The maximum atomic E-state index is 13.9. The molecule has 2 saturated heterocycles. The molecule has 0 aromatic heterocycles. The second kappa shape index (κ2) is 11.9. The average molecular weight is 594 g/mol. The lowest BCUT2D eigenvalue weighted by molar-refractivity contribution is -0.295. The molecular weight excluding hydrogens is 562 g/mol. The standard InChI is InChI=1S/C27H31NO14/c29-8-12-19(34)25(42-26(40)20(12)35)27(41)13(21(36)18-23(38)22(37)14(9-30)28-18)7-16(33)17(24(27)39)15(32)6-3-10-1-4-11(31)5-2-10/h1-7,12,14,19-20,22-23,25-26,28-32,34-38,40-41H,8-9H2. The predicted octanol–water partition coefficient (Wildman–Crippen LogP) is -3.47. The van der Waals surface area contributed by atoms with Crippen molar-refractivity contribution in [3.8, 4) is 5.75 Å². The molecule has 0 bridgehead atoms. The van der Waals surface area contributed by atoms with Crippen LogP contribution in [0.3, 0.4) is 0 Å². The number of Topliss-reactive ketones (excluding diaryl/α,β-unsaturated/α-hetero) is 1. The van der Waals surface area contributed by atoms with Gasteiger partial charge in [0.25, 0.3) is 0 Å². The first kappa shape index (κ1) is 31.3. The highest BCUT2D eigenvalue weighted by molar-refractivity contribution is 6.31. The van der Waals surface area contributed by atoms with Crippen LogP contribution in [0.15, 0.2) is 64.8 Å². The molecule has 9 unspecified atom stereocenters. The summed E-state index contributed by atoms with van der Waals surface area (Å²) in [5.41, 5.74) is -5.57. The number of ether oxygens (including phenoxy) is 1. The number of hydrogen-bond donors (Lipinski definition) is 12. The van der Waals surface area contributed by atoms with Crippen LogP contribution in [-0.4, -0.2) is 129 Å². The molecule has 15 heteroatoms. The molecule has 2 aliphatic heterocycles. The summed E-state index contributed by atoms with van der Waals surface area (Å²) < 4.78 is 5.16. The smallest absolute Gasteiger partial charge is 0.209 e. The molecule has 0 amide bonds. The van der Waals surface area contributed by atoms with Gasteiger partial charge in [-0.2, -0.15) is 0 Å². The molecule has 0 spiro atoms. The number of aromatic hydroxyl groups is 1. The Labute approximate surface area is 237 Å². The minimum Gasteiger partial charge on any atom is -0.508 e. The van der Waals surface area contributed by atoms with E-state index in [2.05, 4.69) is 5.32 Å². The lowest BCUT2D eigenvalue weighted by Gasteiger charge is -2.47. The largest absolute Gasteiger partial charge is 0.508 e. The normalized spacial score (nSPS) is 38.0. The van der Waals surface area contributed by atoms with E-state index in [0.29, 0.717) is 11.6 Å². The van der Waals surface area contributed by atoms with Crippen molar-refractivity contribution in [1.82, 2.24) is 5.32 Å². The Kier molecular flexibility index (Phi) is 8.89. The number of carbonyl (C=O) groups is 2. The number of allylic oxidation sites excluding steroid dienone is 2. The van der Waals surface area contributed by atoms with Crippen LogP contribution in [0.1, 0.15) is 5.56 Å². The van der Waals surface area contributed by atoms with Crippen LogP contribution in [0.25, 0.3) is 6.08 Å². The van der Waals surface area contributed by atoms with E-state index in [4.69, 9.17) is 4.74 Å². The summed E-state index contributed by atoms with van der Waals surface area (Å²) in [6.45, 7) is -1.69. The summed E-state index contributed by atoms with van der Waals surface area (Å²) in [5, 5.41) is 117. The lowest BCUT2D eigenvalue weighted by Crippen LogP contribution is -2.67. The number of phenols is 1. The number of aliphatic hydroxyl groups is 10. The fourth-order valence-electron chi connectivity index (χ4n) is 5.14. The number of rotatable bonds is 6. The van der Waals surface area contributed by atoms with Crippen LogP contribution in [0.5, 0.6) is 5.75 Å². The van der Waals surface area contributed by atoms with Gasteiger partial charge < -0.3 is 66.2 Å². The molecule has 2 heterocycles. The number of nitrogens with one attached hydrogen (secondary N) is 1. The van der Waals surface area contributed by atoms with E-state index in [9.17, 15) is 65.8 Å². The second-order valence-electron chi connectivity index (χ2n) is 10.1. The van der Waals surface area contributed by atoms with Crippen LogP contribution in [0.4, 0.5) is 0 Å². The molecule has 3 aliphatic rings. The quantitative estimate of drug-likeness (QED) is 0.0867. The first-order chi connectivity index (χ1) is 19.8. The molecule has 0 saturated carbocycles. The van der Waals surface area contributed by atoms with Crippen molar-refractivity contribution >= 4 is 17.6 Å². The molecule has 1 aromatic carbocycles. The zero-order valence-electron chi connectivity index (χ0n) is 21.7. The number of carbonyl (C=O) groups excluding carboxylic acids is 2. The zero-order valence-corrected chi connectivity index (χ0v) is 21.7. The van der Waals surface area contributed by atoms with E-state index in [1.807, 2.05) is 0 Å². The lowest BCUT2D eigenvalue weighted by atomic mass is 9.69. The van der Waals surface area contributed by atoms with E-state index in [1.165, 1.54) is 30.3 Å². The minimum absolute atomic E-state index is 0.0525. The van der Waals surface area contributed by atoms with Gasteiger partial charge in [0, 0.05) is 11.5 Å². The number of hydrogen-bond acceptors (Lipinski definition) is 15. The average Bonchev–Trinajstić information content (AvgIpc) is 3.25. The molecule has 4 rings (SSSR count). The summed E-state index contributed by atoms with van der Waals surface area (Å²) in [6.07, 6.45) is -9.40. The van der Waals surface area contributed by atoms with E-state index in [0.717, 1.165) is 6.08 Å². The maximum absolute atomic E-state index is 13.9. The molecular formula is C27H31NO14. The van der Waals surface area contributed by atoms with E-state index < -0.39 is 108 Å². The Morgan fingerprint density at radius 1 is 0.952 bits per heavy atom. The molecule has 1 aromatic rings. The Morgan fingerprint density at radius 2 is 1.60 bits per heavy atom. The molecule has 12 N–H and O–H groups in total. The Balaban J connectivity index is 1.90. The fraction of sp³-hybridized carbons (Fsp3) is 0.407. The summed E-state index contributed by atoms with van der Waals surface area (Å²) in [6, 6.07) is 4.32. The van der Waals surface area contributed by atoms with Crippen molar-refractivity contribution in [2.24, 2.45) is 5.92 Å². The molecule has 2 fully saturated rings. The van der Waals surface area contributed by atoms with Gasteiger partial charge in [0.2, 0.25) is 5.78 Å². The van der Waals surface area contributed by atoms with Gasteiger partial charge >= 0.3 is 0 Å². The van der Waals surface area contributed by atoms with Gasteiger partial charge in [0.05, 0.1) is 31.1 Å². The van der Waals surface area contributed by atoms with Crippen molar-refractivity contribution < 1.29 is 70.5 Å². The topological polar surface area (TPSA) is 278 Å². The van der Waals surface area contributed by atoms with Crippen LogP contribution >= 0.6 is 0 Å². The van der Waals surface area contributed by atoms with E-state index >= 15 is 0 Å². The van der Waals surface area contributed by atoms with Crippen molar-refractivity contribution in [2.45, 2.75) is 48.5 Å². The third-order valence-corrected chi connectivity index (χ3v) is 7.56. The highest BCUT2D eigenvalue weighted by Crippen LogP contribution is 2.43. The number of benzene rings is 1. The summed E-state index contributed by atoms with van der Waals surface area (Å²) in [4.78, 5) is 27.0. The van der Waals surface area contributed by atoms with Crippen LogP contribution in [0.2, 0.25) is 0 Å². The maximum Gasteiger partial charge on any atom is 0.209 e. The van der Waals surface area contributed by atoms with E-state index in [-0.39, 0.29) is 5.75 Å². The summed E-state index contributed by atoms with van der Waals surface area (Å²) in [7, 11) is 0. The van der Waals surface area contributed by atoms with Gasteiger partial charge in [-0.25, -0.2) is 0 Å². The second-order valence-corrected chi connectivity index (χ2v) is 10.1. The van der Waals surface area contributed by atoms with Crippen LogP contribution in [0, 0.1) is 5.92 Å². The van der Waals surface area contributed by atoms with E-state index in [1.54, 1.807) is 0 Å². The first-order valence-corrected chi connectivity index (χ1v) is 12.7. The number of phenolic OH excluding ortho intramolecular Hbond substituents is 1. The van der Waals surface area contributed by atoms with Crippen molar-refractivity contribution in [3.05, 3.63) is 70.3 Å². The van der Waals surface area contributed by atoms with Gasteiger partial charge in [-0.3, -0.25) is 9.59 Å². The number of aliphatic hydroxyl groups excluding tert-OH is 9. The molecule has 0 radical (unpaired) electrons. The highest BCUT2D eigenvalue weighted by Gasteiger charge is 2.61. The van der Waals surface area contributed by atoms with Crippen molar-refractivity contribution in [3.63, 3.8) is 0 Å². The highest BCUT2D eigenvalue weighted by atomic mass is 16.6. The Morgan fingerprint density at radius 3 is 2.17 bits per heavy atom. The van der Waals surface area contributed by atoms with Gasteiger partial charge in [-0.05, 0) is 29.8 Å². The van der Waals surface area contributed by atoms with Gasteiger partial charge in [-0.15, -0.1) is 0 Å². The van der Waals surface area contributed by atoms with Gasteiger partial charge in [0.15, 0.2) is 17.7 Å². The predicted molar refractivity (Wildman–Crippen MR) is 139 cm³/mol. The van der Waals surface area contributed by atoms with Gasteiger partial charge in [0.1, 0.15) is 47.3 Å². The van der Waals surface area contributed by atoms with Gasteiger partial charge in [-0.1, -0.05) is 18.2 Å². The zero-order chi connectivity index (χ0) is 31.1. The first-order valence-electron chi connectivity index (χ1n) is 12.7. The van der Waals surface area contributed by atoms with Crippen LogP contribution in [-0.2, 0) is 14.3 Å². The minimum atomic E-state index is -3.32. The summed E-state index contributed by atoms with van der Waals surface area (Å²) in [5.74, 6) is -6.69. The van der Waals surface area contributed by atoms with Crippen LogP contribution < -0.4 is 5.32 Å². The molecule has 15 nitrogen and oxygen atoms in total. The monoisotopic (exact) mass is 593 g/mol. The van der Waals surface area contributed by atoms with Crippen molar-refractivity contribution in [1.29, 1.82) is 0 Å². The Bertz CT molecular complexity index is 1350. The molecule has 1 aliphatic carbocycles. The molecule has 42 heavy (non-hydrogen) atoms. The Hall–Kier alpha value is -3.64. The summed E-state index contributed by atoms with van der Waals surface area (Å²) >= 11 is 0.